The molecule has 2 N–H and O–H groups in total. The molecule has 2 aromatic carbocycles. The molecule has 0 unspecified atom stereocenters. The van der Waals surface area contributed by atoms with E-state index in [0.29, 0.717) is 28.6 Å². The van der Waals surface area contributed by atoms with Gasteiger partial charge in [-0.25, -0.2) is 0 Å². The molecular weight excluding hydrogens is 466 g/mol. The molecule has 5 rings (SSSR count). The summed E-state index contributed by atoms with van der Waals surface area (Å²) in [5.74, 6) is 2.00. The van der Waals surface area contributed by atoms with Gasteiger partial charge in [-0.15, -0.1) is 0 Å². The summed E-state index contributed by atoms with van der Waals surface area (Å²) in [5, 5.41) is 8.27. The van der Waals surface area contributed by atoms with Crippen LogP contribution in [0.1, 0.15) is 53.8 Å². The zero-order valence-corrected chi connectivity index (χ0v) is 21.1. The van der Waals surface area contributed by atoms with E-state index in [4.69, 9.17) is 25.5 Å². The van der Waals surface area contributed by atoms with E-state index < -0.39 is 0 Å². The van der Waals surface area contributed by atoms with Gasteiger partial charge in [0.1, 0.15) is 5.58 Å². The number of rotatable bonds is 5. The molecule has 7 nitrogen and oxygen atoms in total. The fraction of sp³-hybridized carbons (Fsp3) is 0.370. The molecule has 1 spiro atoms. The second-order valence-corrected chi connectivity index (χ2v) is 9.73. The van der Waals surface area contributed by atoms with Crippen LogP contribution in [0.15, 0.2) is 47.1 Å². The zero-order valence-electron chi connectivity index (χ0n) is 20.3. The van der Waals surface area contributed by atoms with E-state index >= 15 is 0 Å². The SMILES string of the molecule is C=C1Nc2c(Cl)cc3cc(C(=O)N(C)Cc4cccc(OC)c4OC)oc3c2C2(CCCCC2)N1. The highest BCUT2D eigenvalue weighted by molar-refractivity contribution is 6.34. The average molecular weight is 496 g/mol. The molecule has 0 bridgehead atoms. The van der Waals surface area contributed by atoms with Crippen LogP contribution in [0.3, 0.4) is 0 Å². The van der Waals surface area contributed by atoms with Crippen LogP contribution in [0.4, 0.5) is 5.69 Å². The number of ether oxygens (including phenoxy) is 2. The van der Waals surface area contributed by atoms with Crippen LogP contribution in [-0.4, -0.2) is 32.1 Å². The van der Waals surface area contributed by atoms with Crippen molar-refractivity contribution in [2.45, 2.75) is 44.2 Å². The lowest BCUT2D eigenvalue weighted by molar-refractivity contribution is 0.0754. The van der Waals surface area contributed by atoms with E-state index in [9.17, 15) is 4.79 Å². The molecule has 1 aliphatic heterocycles. The summed E-state index contributed by atoms with van der Waals surface area (Å²) in [5.41, 5.74) is 3.02. The highest BCUT2D eigenvalue weighted by Crippen LogP contribution is 2.50. The normalized spacial score (nSPS) is 16.4. The highest BCUT2D eigenvalue weighted by atomic mass is 35.5. The lowest BCUT2D eigenvalue weighted by Crippen LogP contribution is -2.48. The second kappa shape index (κ2) is 9.04. The Balaban J connectivity index is 1.53. The van der Waals surface area contributed by atoms with Crippen molar-refractivity contribution in [2.24, 2.45) is 0 Å². The zero-order chi connectivity index (χ0) is 24.7. The molecule has 184 valence electrons. The van der Waals surface area contributed by atoms with Gasteiger partial charge in [0.2, 0.25) is 0 Å². The number of nitrogens with one attached hydrogen (secondary N) is 2. The number of carbonyl (C=O) groups excluding carboxylic acids is 1. The Morgan fingerprint density at radius 3 is 2.69 bits per heavy atom. The second-order valence-electron chi connectivity index (χ2n) is 9.32. The summed E-state index contributed by atoms with van der Waals surface area (Å²) in [6.07, 6.45) is 5.31. The Labute approximate surface area is 210 Å². The summed E-state index contributed by atoms with van der Waals surface area (Å²) in [6, 6.07) is 9.25. The summed E-state index contributed by atoms with van der Waals surface area (Å²) in [4.78, 5) is 15.0. The number of anilines is 1. The van der Waals surface area contributed by atoms with E-state index in [1.807, 2.05) is 24.3 Å². The third-order valence-corrected chi connectivity index (χ3v) is 7.36. The third kappa shape index (κ3) is 3.97. The predicted molar refractivity (Wildman–Crippen MR) is 137 cm³/mol. The molecular formula is C27H30ClN3O4. The molecule has 8 heteroatoms. The van der Waals surface area contributed by atoms with Crippen molar-refractivity contribution < 1.29 is 18.7 Å². The van der Waals surface area contributed by atoms with Crippen LogP contribution >= 0.6 is 11.6 Å². The Morgan fingerprint density at radius 1 is 1.20 bits per heavy atom. The quantitative estimate of drug-likeness (QED) is 0.450. The molecule has 0 saturated heterocycles. The van der Waals surface area contributed by atoms with Crippen molar-refractivity contribution in [3.8, 4) is 11.5 Å². The molecule has 1 amide bonds. The number of para-hydroxylation sites is 1. The van der Waals surface area contributed by atoms with E-state index in [2.05, 4.69) is 17.2 Å². The molecule has 1 aromatic heterocycles. The van der Waals surface area contributed by atoms with Gasteiger partial charge >= 0.3 is 0 Å². The predicted octanol–water partition coefficient (Wildman–Crippen LogP) is 6.02. The van der Waals surface area contributed by atoms with Crippen molar-refractivity contribution in [1.82, 2.24) is 10.2 Å². The fourth-order valence-corrected chi connectivity index (χ4v) is 5.75. The molecule has 2 heterocycles. The Bertz CT molecular complexity index is 1310. The van der Waals surface area contributed by atoms with Crippen LogP contribution in [0, 0.1) is 0 Å². The Kier molecular flexibility index (Phi) is 6.05. The first-order valence-electron chi connectivity index (χ1n) is 11.8. The van der Waals surface area contributed by atoms with Gasteiger partial charge in [-0.05, 0) is 31.0 Å². The highest BCUT2D eigenvalue weighted by Gasteiger charge is 2.42. The van der Waals surface area contributed by atoms with Crippen LogP contribution in [0.5, 0.6) is 11.5 Å². The van der Waals surface area contributed by atoms with Crippen molar-refractivity contribution >= 4 is 34.2 Å². The van der Waals surface area contributed by atoms with E-state index in [-0.39, 0.29) is 17.2 Å². The fourth-order valence-electron chi connectivity index (χ4n) is 5.49. The van der Waals surface area contributed by atoms with Gasteiger partial charge < -0.3 is 29.4 Å². The average Bonchev–Trinajstić information content (AvgIpc) is 3.27. The number of hydrogen-bond acceptors (Lipinski definition) is 6. The molecule has 1 saturated carbocycles. The first kappa shape index (κ1) is 23.4. The number of carbonyl (C=O) groups is 1. The summed E-state index contributed by atoms with van der Waals surface area (Å²) in [7, 11) is 4.93. The maximum atomic E-state index is 13.4. The topological polar surface area (TPSA) is 76.0 Å². The standard InChI is InChI=1S/C27H30ClN3O4/c1-16-29-23-19(28)13-18-14-21(35-25(18)22(23)27(30-16)11-6-5-7-12-27)26(32)31(2)15-17-9-8-10-20(33-3)24(17)34-4/h8-10,13-14,29-30H,1,5-7,11-12,15H2,2-4H3. The van der Waals surface area contributed by atoms with E-state index in [1.54, 1.807) is 32.2 Å². The minimum absolute atomic E-state index is 0.227. The summed E-state index contributed by atoms with van der Waals surface area (Å²) < 4.78 is 17.2. The van der Waals surface area contributed by atoms with Gasteiger partial charge in [-0.2, -0.15) is 0 Å². The maximum absolute atomic E-state index is 13.4. The van der Waals surface area contributed by atoms with E-state index in [1.165, 1.54) is 6.42 Å². The van der Waals surface area contributed by atoms with Crippen LogP contribution in [-0.2, 0) is 12.1 Å². The number of benzene rings is 2. The van der Waals surface area contributed by atoms with Crippen molar-refractivity contribution in [3.63, 3.8) is 0 Å². The first-order valence-corrected chi connectivity index (χ1v) is 12.2. The smallest absolute Gasteiger partial charge is 0.289 e. The number of nitrogens with zero attached hydrogens (tertiary/aromatic N) is 1. The number of methoxy groups -OCH3 is 2. The summed E-state index contributed by atoms with van der Waals surface area (Å²) in [6.45, 7) is 4.45. The lowest BCUT2D eigenvalue weighted by Gasteiger charge is -2.44. The minimum Gasteiger partial charge on any atom is -0.493 e. The molecule has 2 aliphatic rings. The van der Waals surface area contributed by atoms with Gasteiger partial charge in [-0.3, -0.25) is 4.79 Å². The van der Waals surface area contributed by atoms with Crippen molar-refractivity contribution in [1.29, 1.82) is 0 Å². The van der Waals surface area contributed by atoms with Gasteiger partial charge in [0.05, 0.1) is 36.3 Å². The maximum Gasteiger partial charge on any atom is 0.289 e. The largest absolute Gasteiger partial charge is 0.493 e. The van der Waals surface area contributed by atoms with Gasteiger partial charge in [0, 0.05) is 30.1 Å². The minimum atomic E-state index is -0.308. The van der Waals surface area contributed by atoms with E-state index in [0.717, 1.165) is 53.7 Å². The van der Waals surface area contributed by atoms with Gasteiger partial charge in [0.15, 0.2) is 17.3 Å². The molecule has 1 aliphatic carbocycles. The Hall–Kier alpha value is -3.32. The van der Waals surface area contributed by atoms with Crippen molar-refractivity contribution in [3.05, 3.63) is 64.6 Å². The molecule has 35 heavy (non-hydrogen) atoms. The van der Waals surface area contributed by atoms with Gasteiger partial charge in [-0.1, -0.05) is 49.6 Å². The third-order valence-electron chi connectivity index (χ3n) is 7.06. The van der Waals surface area contributed by atoms with Gasteiger partial charge in [0.25, 0.3) is 5.91 Å². The molecule has 1 fully saturated rings. The number of amides is 1. The number of fused-ring (bicyclic) bond motifs is 4. The van der Waals surface area contributed by atoms with Crippen LogP contribution in [0.2, 0.25) is 5.02 Å². The monoisotopic (exact) mass is 495 g/mol. The molecule has 3 aromatic rings. The Morgan fingerprint density at radius 2 is 1.97 bits per heavy atom. The molecule has 0 radical (unpaired) electrons. The van der Waals surface area contributed by atoms with Crippen LogP contribution in [0.25, 0.3) is 11.0 Å². The number of halogens is 1. The number of furan rings is 1. The molecule has 0 atom stereocenters. The van der Waals surface area contributed by atoms with Crippen molar-refractivity contribution in [2.75, 3.05) is 26.6 Å². The first-order chi connectivity index (χ1) is 16.9. The number of hydrogen-bond donors (Lipinski definition) is 2. The van der Waals surface area contributed by atoms with Crippen LogP contribution < -0.4 is 20.1 Å². The lowest BCUT2D eigenvalue weighted by atomic mass is 9.74. The summed E-state index contributed by atoms with van der Waals surface area (Å²) >= 11 is 6.72.